The zero-order chi connectivity index (χ0) is 17.7. The zero-order valence-corrected chi connectivity index (χ0v) is 13.9. The van der Waals surface area contributed by atoms with E-state index in [4.69, 9.17) is 0 Å². The molecule has 1 aromatic carbocycles. The number of rotatable bonds is 6. The van der Waals surface area contributed by atoms with E-state index >= 15 is 0 Å². The average Bonchev–Trinajstić information content (AvgIpc) is 3.06. The number of nitrogens with one attached hydrogen (secondary N) is 2. The molecule has 2 rings (SSSR count). The lowest BCUT2D eigenvalue weighted by molar-refractivity contribution is -0.384. The molecule has 0 saturated carbocycles. The minimum absolute atomic E-state index is 0.00161. The Morgan fingerprint density at radius 3 is 2.54 bits per heavy atom. The minimum Gasteiger partial charge on any atom is -0.371 e. The highest BCUT2D eigenvalue weighted by molar-refractivity contribution is 5.96. The van der Waals surface area contributed by atoms with Gasteiger partial charge in [0.05, 0.1) is 11.5 Å². The van der Waals surface area contributed by atoms with Gasteiger partial charge in [-0.25, -0.2) is 0 Å². The number of benzene rings is 1. The van der Waals surface area contributed by atoms with Crippen molar-refractivity contribution >= 4 is 23.2 Å². The quantitative estimate of drug-likeness (QED) is 0.609. The van der Waals surface area contributed by atoms with Crippen molar-refractivity contribution in [3.05, 3.63) is 33.9 Å². The Bertz CT molecular complexity index is 639. The molecule has 1 fully saturated rings. The highest BCUT2D eigenvalue weighted by Gasteiger charge is 2.21. The molecule has 0 unspecified atom stereocenters. The van der Waals surface area contributed by atoms with Crippen LogP contribution in [-0.4, -0.2) is 47.3 Å². The molecule has 24 heavy (non-hydrogen) atoms. The highest BCUT2D eigenvalue weighted by Crippen LogP contribution is 2.25. The van der Waals surface area contributed by atoms with Crippen molar-refractivity contribution < 1.29 is 14.5 Å². The lowest BCUT2D eigenvalue weighted by Crippen LogP contribution is -2.33. The van der Waals surface area contributed by atoms with E-state index in [1.165, 1.54) is 18.2 Å². The lowest BCUT2D eigenvalue weighted by Gasteiger charge is -2.16. The molecule has 0 radical (unpaired) electrons. The number of amides is 2. The fourth-order valence-corrected chi connectivity index (χ4v) is 2.57. The van der Waals surface area contributed by atoms with Crippen LogP contribution in [-0.2, 0) is 4.79 Å². The molecule has 2 amide bonds. The second-order valence-corrected chi connectivity index (χ2v) is 6.06. The van der Waals surface area contributed by atoms with Gasteiger partial charge < -0.3 is 15.5 Å². The zero-order valence-electron chi connectivity index (χ0n) is 13.9. The van der Waals surface area contributed by atoms with E-state index in [9.17, 15) is 19.7 Å². The summed E-state index contributed by atoms with van der Waals surface area (Å²) in [6.07, 6.45) is 1.98. The average molecular weight is 334 g/mol. The van der Waals surface area contributed by atoms with E-state index in [1.54, 1.807) is 4.90 Å². The third-order valence-electron chi connectivity index (χ3n) is 3.77. The smallest absolute Gasteiger partial charge is 0.293 e. The predicted octanol–water partition coefficient (Wildman–Crippen LogP) is 1.77. The van der Waals surface area contributed by atoms with Gasteiger partial charge in [-0.05, 0) is 38.8 Å². The second kappa shape index (κ2) is 7.76. The van der Waals surface area contributed by atoms with Gasteiger partial charge in [0, 0.05) is 30.8 Å². The van der Waals surface area contributed by atoms with Gasteiger partial charge in [-0.2, -0.15) is 0 Å². The van der Waals surface area contributed by atoms with E-state index < -0.39 is 4.92 Å². The molecule has 1 aliphatic heterocycles. The molecule has 0 spiro atoms. The number of carbonyl (C=O) groups excluding carboxylic acids is 2. The van der Waals surface area contributed by atoms with Crippen LogP contribution in [0.25, 0.3) is 0 Å². The summed E-state index contributed by atoms with van der Waals surface area (Å²) < 4.78 is 0. The molecule has 0 aliphatic carbocycles. The van der Waals surface area contributed by atoms with Gasteiger partial charge in [-0.1, -0.05) is 0 Å². The SMILES string of the molecule is CC(C)NC(=O)c1ccc(NCC(=O)N2CCCC2)c([N+](=O)[O-])c1. The van der Waals surface area contributed by atoms with Gasteiger partial charge in [-0.15, -0.1) is 0 Å². The number of nitro groups is 1. The number of hydrogen-bond donors (Lipinski definition) is 2. The van der Waals surface area contributed by atoms with Crippen LogP contribution in [0.3, 0.4) is 0 Å². The van der Waals surface area contributed by atoms with E-state index in [0.717, 1.165) is 25.9 Å². The van der Waals surface area contributed by atoms with Crippen molar-refractivity contribution in [2.24, 2.45) is 0 Å². The number of nitro benzene ring substituents is 1. The van der Waals surface area contributed by atoms with Gasteiger partial charge >= 0.3 is 0 Å². The first-order chi connectivity index (χ1) is 11.4. The summed E-state index contributed by atoms with van der Waals surface area (Å²) in [5, 5.41) is 16.8. The number of hydrogen-bond acceptors (Lipinski definition) is 5. The molecule has 0 aromatic heterocycles. The summed E-state index contributed by atoms with van der Waals surface area (Å²) in [5.74, 6) is -0.448. The van der Waals surface area contributed by atoms with Crippen molar-refractivity contribution in [2.45, 2.75) is 32.7 Å². The topological polar surface area (TPSA) is 105 Å². The molecule has 1 aromatic rings. The molecule has 1 saturated heterocycles. The van der Waals surface area contributed by atoms with Gasteiger partial charge in [-0.3, -0.25) is 19.7 Å². The Morgan fingerprint density at radius 1 is 1.29 bits per heavy atom. The van der Waals surface area contributed by atoms with Crippen LogP contribution in [0.5, 0.6) is 0 Å². The van der Waals surface area contributed by atoms with E-state index in [2.05, 4.69) is 10.6 Å². The molecule has 8 nitrogen and oxygen atoms in total. The molecule has 8 heteroatoms. The first-order valence-electron chi connectivity index (χ1n) is 7.99. The second-order valence-electron chi connectivity index (χ2n) is 6.06. The summed E-state index contributed by atoms with van der Waals surface area (Å²) in [6.45, 7) is 5.09. The molecule has 130 valence electrons. The predicted molar refractivity (Wildman–Crippen MR) is 90.0 cm³/mol. The van der Waals surface area contributed by atoms with Crippen LogP contribution in [0.2, 0.25) is 0 Å². The van der Waals surface area contributed by atoms with Crippen LogP contribution < -0.4 is 10.6 Å². The van der Waals surface area contributed by atoms with Gasteiger partial charge in [0.25, 0.3) is 11.6 Å². The summed E-state index contributed by atoms with van der Waals surface area (Å²) in [6, 6.07) is 4.13. The summed E-state index contributed by atoms with van der Waals surface area (Å²) >= 11 is 0. The van der Waals surface area contributed by atoms with E-state index in [1.807, 2.05) is 13.8 Å². The van der Waals surface area contributed by atoms with Crippen LogP contribution in [0.4, 0.5) is 11.4 Å². The molecule has 0 atom stereocenters. The number of anilines is 1. The number of carbonyl (C=O) groups is 2. The Hall–Kier alpha value is -2.64. The molecular formula is C16H22N4O4. The Labute approximate surface area is 140 Å². The maximum absolute atomic E-state index is 12.0. The maximum Gasteiger partial charge on any atom is 0.293 e. The van der Waals surface area contributed by atoms with Crippen molar-refractivity contribution in [3.63, 3.8) is 0 Å². The Kier molecular flexibility index (Phi) is 5.73. The lowest BCUT2D eigenvalue weighted by atomic mass is 10.1. The summed E-state index contributed by atoms with van der Waals surface area (Å²) in [7, 11) is 0. The maximum atomic E-state index is 12.0. The fourth-order valence-electron chi connectivity index (χ4n) is 2.57. The van der Waals surface area contributed by atoms with Crippen molar-refractivity contribution in [1.82, 2.24) is 10.2 Å². The van der Waals surface area contributed by atoms with Crippen LogP contribution in [0.15, 0.2) is 18.2 Å². The van der Waals surface area contributed by atoms with Crippen molar-refractivity contribution in [1.29, 1.82) is 0 Å². The summed E-state index contributed by atoms with van der Waals surface area (Å²) in [4.78, 5) is 36.4. The molecule has 2 N–H and O–H groups in total. The molecule has 1 heterocycles. The molecule has 1 aliphatic rings. The highest BCUT2D eigenvalue weighted by atomic mass is 16.6. The third-order valence-corrected chi connectivity index (χ3v) is 3.77. The van der Waals surface area contributed by atoms with Crippen LogP contribution in [0, 0.1) is 10.1 Å². The summed E-state index contributed by atoms with van der Waals surface area (Å²) in [5.41, 5.74) is 0.223. The third kappa shape index (κ3) is 4.43. The first-order valence-corrected chi connectivity index (χ1v) is 7.99. The Balaban J connectivity index is 2.10. The normalized spacial score (nSPS) is 13.9. The standard InChI is InChI=1S/C16H22N4O4/c1-11(2)18-16(22)12-5-6-13(14(9-12)20(23)24)17-10-15(21)19-7-3-4-8-19/h5-6,9,11,17H,3-4,7-8,10H2,1-2H3,(H,18,22). The van der Waals surface area contributed by atoms with Gasteiger partial charge in [0.1, 0.15) is 5.69 Å². The number of likely N-dealkylation sites (tertiary alicyclic amines) is 1. The van der Waals surface area contributed by atoms with Crippen LogP contribution >= 0.6 is 0 Å². The van der Waals surface area contributed by atoms with E-state index in [-0.39, 0.29) is 41.3 Å². The van der Waals surface area contributed by atoms with Crippen molar-refractivity contribution in [2.75, 3.05) is 25.0 Å². The van der Waals surface area contributed by atoms with Crippen molar-refractivity contribution in [3.8, 4) is 0 Å². The minimum atomic E-state index is -0.561. The monoisotopic (exact) mass is 334 g/mol. The van der Waals surface area contributed by atoms with Crippen LogP contribution in [0.1, 0.15) is 37.0 Å². The number of nitrogens with zero attached hydrogens (tertiary/aromatic N) is 2. The largest absolute Gasteiger partial charge is 0.371 e. The molecule has 0 bridgehead atoms. The Morgan fingerprint density at radius 2 is 1.96 bits per heavy atom. The van der Waals surface area contributed by atoms with E-state index in [0.29, 0.717) is 0 Å². The van der Waals surface area contributed by atoms with Gasteiger partial charge in [0.2, 0.25) is 5.91 Å². The van der Waals surface area contributed by atoms with Gasteiger partial charge in [0.15, 0.2) is 0 Å². The molecular weight excluding hydrogens is 312 g/mol. The first kappa shape index (κ1) is 17.7. The fraction of sp³-hybridized carbons (Fsp3) is 0.500.